The van der Waals surface area contributed by atoms with Crippen LogP contribution in [0, 0.1) is 0 Å². The van der Waals surface area contributed by atoms with Gasteiger partial charge >= 0.3 is 0 Å². The zero-order valence-corrected chi connectivity index (χ0v) is 10.2. The van der Waals surface area contributed by atoms with Gasteiger partial charge in [-0.3, -0.25) is 0 Å². The first kappa shape index (κ1) is 11.0. The molecule has 1 aliphatic rings. The van der Waals surface area contributed by atoms with Gasteiger partial charge in [0.25, 0.3) is 0 Å². The Labute approximate surface area is 104 Å². The summed E-state index contributed by atoms with van der Waals surface area (Å²) in [5, 5.41) is 3.89. The molecule has 4 nitrogen and oxygen atoms in total. The Morgan fingerprint density at radius 2 is 2.29 bits per heavy atom. The number of halogens is 1. The number of benzene rings is 1. The molecule has 1 saturated heterocycles. The Bertz CT molecular complexity index is 540. The van der Waals surface area contributed by atoms with Gasteiger partial charge in [-0.1, -0.05) is 11.6 Å². The van der Waals surface area contributed by atoms with Crippen LogP contribution in [0.1, 0.15) is 11.8 Å². The predicted molar refractivity (Wildman–Crippen MR) is 65.4 cm³/mol. The monoisotopic (exact) mass is 252 g/mol. The molecule has 1 aromatic carbocycles. The quantitative estimate of drug-likeness (QED) is 0.890. The van der Waals surface area contributed by atoms with Crippen LogP contribution in [0.5, 0.6) is 0 Å². The first-order valence-electron chi connectivity index (χ1n) is 5.59. The van der Waals surface area contributed by atoms with Crippen LogP contribution in [0.25, 0.3) is 11.1 Å². The highest BCUT2D eigenvalue weighted by Gasteiger charge is 2.32. The molecule has 1 aliphatic heterocycles. The van der Waals surface area contributed by atoms with Gasteiger partial charge in [0.15, 0.2) is 5.58 Å². The molecular weight excluding hydrogens is 240 g/mol. The topological polar surface area (TPSA) is 47.3 Å². The average molecular weight is 253 g/mol. The fourth-order valence-electron chi connectivity index (χ4n) is 2.16. The normalized spacial score (nSPS) is 24.6. The second kappa shape index (κ2) is 4.29. The summed E-state index contributed by atoms with van der Waals surface area (Å²) in [6.07, 6.45) is 0. The highest BCUT2D eigenvalue weighted by molar-refractivity contribution is 6.31. The molecule has 0 radical (unpaired) electrons. The van der Waals surface area contributed by atoms with E-state index in [1.807, 2.05) is 19.2 Å². The van der Waals surface area contributed by atoms with Crippen LogP contribution in [0.4, 0.5) is 0 Å². The molecule has 0 spiro atoms. The third-order valence-electron chi connectivity index (χ3n) is 3.13. The maximum Gasteiger partial charge on any atom is 0.202 e. The maximum atomic E-state index is 5.92. The summed E-state index contributed by atoms with van der Waals surface area (Å²) < 4.78 is 11.2. The van der Waals surface area contributed by atoms with Crippen molar-refractivity contribution in [1.29, 1.82) is 0 Å². The lowest BCUT2D eigenvalue weighted by Gasteiger charge is -2.12. The maximum absolute atomic E-state index is 5.92. The smallest absolute Gasteiger partial charge is 0.202 e. The van der Waals surface area contributed by atoms with Crippen LogP contribution in [-0.4, -0.2) is 31.3 Å². The number of rotatable bonds is 2. The Morgan fingerprint density at radius 3 is 3.12 bits per heavy atom. The number of hydrogen-bond donors (Lipinski definition) is 1. The Morgan fingerprint density at radius 1 is 1.41 bits per heavy atom. The van der Waals surface area contributed by atoms with E-state index in [2.05, 4.69) is 10.3 Å². The van der Waals surface area contributed by atoms with Crippen molar-refractivity contribution in [3.63, 3.8) is 0 Å². The van der Waals surface area contributed by atoms with Gasteiger partial charge < -0.3 is 14.5 Å². The number of fused-ring (bicyclic) bond motifs is 1. The molecule has 1 fully saturated rings. The molecule has 2 heterocycles. The van der Waals surface area contributed by atoms with E-state index < -0.39 is 0 Å². The molecule has 0 amide bonds. The van der Waals surface area contributed by atoms with Gasteiger partial charge in [-0.2, -0.15) is 0 Å². The van der Waals surface area contributed by atoms with E-state index in [1.54, 1.807) is 6.07 Å². The van der Waals surface area contributed by atoms with E-state index in [-0.39, 0.29) is 12.0 Å². The highest BCUT2D eigenvalue weighted by Crippen LogP contribution is 2.29. The predicted octanol–water partition coefficient (Wildman–Crippen LogP) is 2.18. The van der Waals surface area contributed by atoms with E-state index in [9.17, 15) is 0 Å². The van der Waals surface area contributed by atoms with Crippen molar-refractivity contribution in [2.45, 2.75) is 12.0 Å². The molecule has 1 aromatic heterocycles. The SMILES string of the molecule is CNC1COCC1c1nc2cc(Cl)ccc2o1. The van der Waals surface area contributed by atoms with Gasteiger partial charge in [-0.25, -0.2) is 4.98 Å². The molecule has 3 rings (SSSR count). The van der Waals surface area contributed by atoms with Crippen LogP contribution < -0.4 is 5.32 Å². The summed E-state index contributed by atoms with van der Waals surface area (Å²) >= 11 is 5.92. The fourth-order valence-corrected chi connectivity index (χ4v) is 2.33. The number of likely N-dealkylation sites (N-methyl/N-ethyl adjacent to an activating group) is 1. The van der Waals surface area contributed by atoms with Crippen molar-refractivity contribution in [2.24, 2.45) is 0 Å². The number of nitrogens with zero attached hydrogens (tertiary/aromatic N) is 1. The minimum Gasteiger partial charge on any atom is -0.440 e. The van der Waals surface area contributed by atoms with Crippen molar-refractivity contribution in [3.05, 3.63) is 29.1 Å². The van der Waals surface area contributed by atoms with Gasteiger partial charge in [-0.15, -0.1) is 0 Å². The lowest BCUT2D eigenvalue weighted by Crippen LogP contribution is -2.31. The second-order valence-corrected chi connectivity index (χ2v) is 4.64. The van der Waals surface area contributed by atoms with Crippen molar-refractivity contribution >= 4 is 22.7 Å². The molecular formula is C12H13ClN2O2. The first-order valence-corrected chi connectivity index (χ1v) is 5.96. The molecule has 2 unspecified atom stereocenters. The lowest BCUT2D eigenvalue weighted by molar-refractivity contribution is 0.186. The zero-order valence-electron chi connectivity index (χ0n) is 9.44. The molecule has 2 aromatic rings. The molecule has 5 heteroatoms. The van der Waals surface area contributed by atoms with Gasteiger partial charge in [-0.05, 0) is 25.2 Å². The van der Waals surface area contributed by atoms with Crippen molar-refractivity contribution in [2.75, 3.05) is 20.3 Å². The number of aromatic nitrogens is 1. The largest absolute Gasteiger partial charge is 0.440 e. The first-order chi connectivity index (χ1) is 8.28. The summed E-state index contributed by atoms with van der Waals surface area (Å²) in [6, 6.07) is 5.73. The minimum atomic E-state index is 0.172. The highest BCUT2D eigenvalue weighted by atomic mass is 35.5. The van der Waals surface area contributed by atoms with Crippen molar-refractivity contribution in [1.82, 2.24) is 10.3 Å². The third kappa shape index (κ3) is 1.92. The lowest BCUT2D eigenvalue weighted by atomic mass is 10.0. The molecule has 2 atom stereocenters. The van der Waals surface area contributed by atoms with E-state index in [1.165, 1.54) is 0 Å². The van der Waals surface area contributed by atoms with Crippen molar-refractivity contribution in [3.8, 4) is 0 Å². The Kier molecular flexibility index (Phi) is 2.78. The van der Waals surface area contributed by atoms with E-state index >= 15 is 0 Å². The van der Waals surface area contributed by atoms with Gasteiger partial charge in [0.05, 0.1) is 19.1 Å². The summed E-state index contributed by atoms with van der Waals surface area (Å²) in [5.74, 6) is 0.894. The number of oxazole rings is 1. The second-order valence-electron chi connectivity index (χ2n) is 4.20. The number of ether oxygens (including phenoxy) is 1. The molecule has 90 valence electrons. The summed E-state index contributed by atoms with van der Waals surface area (Å²) in [5.41, 5.74) is 1.57. The molecule has 17 heavy (non-hydrogen) atoms. The third-order valence-corrected chi connectivity index (χ3v) is 3.37. The fraction of sp³-hybridized carbons (Fsp3) is 0.417. The van der Waals surface area contributed by atoms with Crippen LogP contribution in [-0.2, 0) is 4.74 Å². The summed E-state index contributed by atoms with van der Waals surface area (Å²) in [7, 11) is 1.92. The van der Waals surface area contributed by atoms with E-state index in [4.69, 9.17) is 20.8 Å². The van der Waals surface area contributed by atoms with Crippen molar-refractivity contribution < 1.29 is 9.15 Å². The summed E-state index contributed by atoms with van der Waals surface area (Å²) in [6.45, 7) is 1.34. The summed E-state index contributed by atoms with van der Waals surface area (Å²) in [4.78, 5) is 4.48. The minimum absolute atomic E-state index is 0.172. The van der Waals surface area contributed by atoms with Crippen LogP contribution in [0.15, 0.2) is 22.6 Å². The number of hydrogen-bond acceptors (Lipinski definition) is 4. The molecule has 0 aliphatic carbocycles. The van der Waals surface area contributed by atoms with Gasteiger partial charge in [0.2, 0.25) is 5.89 Å². The zero-order chi connectivity index (χ0) is 11.8. The van der Waals surface area contributed by atoms with E-state index in [0.717, 1.165) is 17.0 Å². The average Bonchev–Trinajstić information content (AvgIpc) is 2.93. The molecule has 0 saturated carbocycles. The Hall–Kier alpha value is -1.10. The molecule has 1 N–H and O–H groups in total. The molecule has 0 bridgehead atoms. The van der Waals surface area contributed by atoms with Gasteiger partial charge in [0.1, 0.15) is 5.52 Å². The standard InChI is InChI=1S/C12H13ClN2O2/c1-14-10-6-16-5-8(10)12-15-9-4-7(13)2-3-11(9)17-12/h2-4,8,10,14H,5-6H2,1H3. The van der Waals surface area contributed by atoms with Crippen LogP contribution >= 0.6 is 11.6 Å². The van der Waals surface area contributed by atoms with E-state index in [0.29, 0.717) is 18.2 Å². The van der Waals surface area contributed by atoms with Crippen LogP contribution in [0.3, 0.4) is 0 Å². The number of nitrogens with one attached hydrogen (secondary N) is 1. The van der Waals surface area contributed by atoms with Gasteiger partial charge in [0, 0.05) is 11.1 Å². The van der Waals surface area contributed by atoms with Crippen LogP contribution in [0.2, 0.25) is 5.02 Å². The Balaban J connectivity index is 2.00.